The third-order valence-corrected chi connectivity index (χ3v) is 1.67. The Bertz CT molecular complexity index is 193. The zero-order chi connectivity index (χ0) is 10.6. The number of aryl methyl sites for hydroxylation is 1. The normalized spacial score (nSPS) is 9.07. The number of nitrogens with zero attached hydrogens (tertiary/aromatic N) is 1. The van der Waals surface area contributed by atoms with E-state index in [4.69, 9.17) is 0 Å². The lowest BCUT2D eigenvalue weighted by Gasteiger charge is -1.95. The first-order valence-electron chi connectivity index (χ1n) is 5.39. The zero-order valence-corrected chi connectivity index (χ0v) is 9.59. The van der Waals surface area contributed by atoms with Crippen LogP contribution in [0.4, 0.5) is 0 Å². The Morgan fingerprint density at radius 1 is 1.14 bits per heavy atom. The predicted octanol–water partition coefficient (Wildman–Crippen LogP) is 2.79. The first-order valence-corrected chi connectivity index (χ1v) is 5.39. The van der Waals surface area contributed by atoms with Gasteiger partial charge in [0.25, 0.3) is 0 Å². The Labute approximate surface area is 87.8 Å². The van der Waals surface area contributed by atoms with E-state index in [1.807, 2.05) is 25.1 Å². The van der Waals surface area contributed by atoms with Crippen LogP contribution in [0.3, 0.4) is 0 Å². The molecule has 1 aromatic rings. The molecule has 1 N–H and O–H groups in total. The average Bonchev–Trinajstić information content (AvgIpc) is 2.21. The van der Waals surface area contributed by atoms with Crippen molar-refractivity contribution in [1.29, 1.82) is 0 Å². The van der Waals surface area contributed by atoms with E-state index >= 15 is 0 Å². The highest BCUT2D eigenvalue weighted by Gasteiger charge is 1.76. The summed E-state index contributed by atoms with van der Waals surface area (Å²) in [5.74, 6) is 0. The fourth-order valence-corrected chi connectivity index (χ4v) is 0.927. The minimum atomic E-state index is 1.07. The second-order valence-electron chi connectivity index (χ2n) is 3.22. The highest BCUT2D eigenvalue weighted by atomic mass is 14.8. The smallest absolute Gasteiger partial charge is 0.0372 e. The van der Waals surface area contributed by atoms with Crippen molar-refractivity contribution >= 4 is 0 Å². The minimum Gasteiger partial charge on any atom is -0.317 e. The van der Waals surface area contributed by atoms with Crippen LogP contribution in [0.15, 0.2) is 24.4 Å². The van der Waals surface area contributed by atoms with Crippen molar-refractivity contribution in [3.8, 4) is 0 Å². The van der Waals surface area contributed by atoms with Crippen molar-refractivity contribution in [2.24, 2.45) is 0 Å². The number of aromatic nitrogens is 1. The minimum absolute atomic E-state index is 1.07. The van der Waals surface area contributed by atoms with Gasteiger partial charge in [-0.25, -0.2) is 0 Å². The largest absolute Gasteiger partial charge is 0.317 e. The third-order valence-electron chi connectivity index (χ3n) is 1.67. The lowest BCUT2D eigenvalue weighted by atomic mass is 10.4. The molecule has 0 saturated heterocycles. The van der Waals surface area contributed by atoms with E-state index in [9.17, 15) is 0 Å². The molecule has 0 bridgehead atoms. The molecule has 0 atom stereocenters. The first kappa shape index (κ1) is 13.1. The molecular weight excluding hydrogens is 172 g/mol. The van der Waals surface area contributed by atoms with Crippen LogP contribution in [-0.2, 0) is 0 Å². The summed E-state index contributed by atoms with van der Waals surface area (Å²) in [4.78, 5) is 3.98. The molecule has 0 amide bonds. The molecule has 0 spiro atoms. The van der Waals surface area contributed by atoms with Gasteiger partial charge >= 0.3 is 0 Å². The van der Waals surface area contributed by atoms with Crippen LogP contribution in [0.2, 0.25) is 0 Å². The Morgan fingerprint density at radius 2 is 1.79 bits per heavy atom. The highest BCUT2D eigenvalue weighted by Crippen LogP contribution is 1.86. The fourth-order valence-electron chi connectivity index (χ4n) is 0.927. The van der Waals surface area contributed by atoms with Gasteiger partial charge in [-0.1, -0.05) is 19.9 Å². The Hall–Kier alpha value is -0.890. The quantitative estimate of drug-likeness (QED) is 0.745. The third kappa shape index (κ3) is 9.20. The van der Waals surface area contributed by atoms with Gasteiger partial charge in [0.1, 0.15) is 0 Å². The molecule has 1 aromatic heterocycles. The number of nitrogens with one attached hydrogen (secondary N) is 1. The Kier molecular flexibility index (Phi) is 9.54. The zero-order valence-electron chi connectivity index (χ0n) is 9.59. The van der Waals surface area contributed by atoms with Gasteiger partial charge in [0.05, 0.1) is 0 Å². The summed E-state index contributed by atoms with van der Waals surface area (Å²) in [5.41, 5.74) is 1.07. The second kappa shape index (κ2) is 10.2. The average molecular weight is 194 g/mol. The standard InChI is InChI=1S/C6H7N.C6H15N/c1-6-4-2-3-5-7-6;1-3-5-7-6-4-2/h2-5H,1H3;7H,3-6H2,1-2H3. The molecule has 0 unspecified atom stereocenters. The molecule has 0 aromatic carbocycles. The van der Waals surface area contributed by atoms with E-state index in [-0.39, 0.29) is 0 Å². The molecule has 1 heterocycles. The van der Waals surface area contributed by atoms with Crippen LogP contribution in [-0.4, -0.2) is 18.1 Å². The van der Waals surface area contributed by atoms with Gasteiger partial charge in [0.15, 0.2) is 0 Å². The summed E-state index contributed by atoms with van der Waals surface area (Å²) in [5, 5.41) is 3.28. The van der Waals surface area contributed by atoms with Gasteiger partial charge < -0.3 is 5.32 Å². The molecule has 1 rings (SSSR count). The van der Waals surface area contributed by atoms with Gasteiger partial charge in [-0.15, -0.1) is 0 Å². The first-order chi connectivity index (χ1) is 6.81. The van der Waals surface area contributed by atoms with Crippen molar-refractivity contribution in [2.45, 2.75) is 33.6 Å². The maximum absolute atomic E-state index is 3.98. The van der Waals surface area contributed by atoms with Gasteiger partial charge in [-0.3, -0.25) is 4.98 Å². The van der Waals surface area contributed by atoms with Crippen molar-refractivity contribution in [2.75, 3.05) is 13.1 Å². The van der Waals surface area contributed by atoms with E-state index in [0.29, 0.717) is 0 Å². The van der Waals surface area contributed by atoms with E-state index in [1.165, 1.54) is 25.9 Å². The molecule has 0 fully saturated rings. The lowest BCUT2D eigenvalue weighted by Crippen LogP contribution is -2.14. The maximum Gasteiger partial charge on any atom is 0.0372 e. The van der Waals surface area contributed by atoms with Crippen LogP contribution < -0.4 is 5.32 Å². The summed E-state index contributed by atoms with van der Waals surface area (Å²) in [6.07, 6.45) is 4.29. The summed E-state index contributed by atoms with van der Waals surface area (Å²) in [6.45, 7) is 8.69. The molecule has 14 heavy (non-hydrogen) atoms. The van der Waals surface area contributed by atoms with Crippen LogP contribution in [0.5, 0.6) is 0 Å². The monoisotopic (exact) mass is 194 g/mol. The van der Waals surface area contributed by atoms with Crippen molar-refractivity contribution < 1.29 is 0 Å². The molecule has 0 radical (unpaired) electrons. The van der Waals surface area contributed by atoms with Gasteiger partial charge in [-0.05, 0) is 45.0 Å². The maximum atomic E-state index is 3.98. The van der Waals surface area contributed by atoms with Crippen molar-refractivity contribution in [3.05, 3.63) is 30.1 Å². The number of pyridine rings is 1. The van der Waals surface area contributed by atoms with Crippen LogP contribution >= 0.6 is 0 Å². The van der Waals surface area contributed by atoms with Crippen LogP contribution in [0.1, 0.15) is 32.4 Å². The van der Waals surface area contributed by atoms with E-state index < -0.39 is 0 Å². The van der Waals surface area contributed by atoms with Gasteiger partial charge in [-0.2, -0.15) is 0 Å². The number of hydrogen-bond acceptors (Lipinski definition) is 2. The molecular formula is C12H22N2. The molecule has 0 aliphatic carbocycles. The van der Waals surface area contributed by atoms with E-state index in [0.717, 1.165) is 5.69 Å². The number of hydrogen-bond donors (Lipinski definition) is 1. The van der Waals surface area contributed by atoms with E-state index in [2.05, 4.69) is 24.1 Å². The van der Waals surface area contributed by atoms with Gasteiger partial charge in [0.2, 0.25) is 0 Å². The second-order valence-corrected chi connectivity index (χ2v) is 3.22. The summed E-state index contributed by atoms with van der Waals surface area (Å²) in [6, 6.07) is 5.86. The Balaban J connectivity index is 0.000000241. The van der Waals surface area contributed by atoms with Crippen molar-refractivity contribution in [3.63, 3.8) is 0 Å². The van der Waals surface area contributed by atoms with Crippen molar-refractivity contribution in [1.82, 2.24) is 10.3 Å². The number of rotatable bonds is 4. The molecule has 80 valence electrons. The fraction of sp³-hybridized carbons (Fsp3) is 0.583. The Morgan fingerprint density at radius 3 is 2.07 bits per heavy atom. The van der Waals surface area contributed by atoms with Crippen LogP contribution in [0, 0.1) is 6.92 Å². The van der Waals surface area contributed by atoms with E-state index in [1.54, 1.807) is 6.20 Å². The summed E-state index contributed by atoms with van der Waals surface area (Å²) >= 11 is 0. The summed E-state index contributed by atoms with van der Waals surface area (Å²) in [7, 11) is 0. The molecule has 0 aliphatic heterocycles. The lowest BCUT2D eigenvalue weighted by molar-refractivity contribution is 0.662. The van der Waals surface area contributed by atoms with Gasteiger partial charge in [0, 0.05) is 11.9 Å². The highest BCUT2D eigenvalue weighted by molar-refractivity contribution is 4.99. The van der Waals surface area contributed by atoms with Crippen LogP contribution in [0.25, 0.3) is 0 Å². The summed E-state index contributed by atoms with van der Waals surface area (Å²) < 4.78 is 0. The molecule has 2 nitrogen and oxygen atoms in total. The predicted molar refractivity (Wildman–Crippen MR) is 62.4 cm³/mol. The molecule has 0 saturated carbocycles. The SMILES string of the molecule is CCCNCCC.Cc1ccccn1. The molecule has 0 aliphatic rings. The molecule has 2 heteroatoms. The topological polar surface area (TPSA) is 24.9 Å².